The minimum atomic E-state index is -2.74. The van der Waals surface area contributed by atoms with E-state index in [0.717, 1.165) is 25.7 Å². The summed E-state index contributed by atoms with van der Waals surface area (Å²) in [5.41, 5.74) is 0. The number of carbonyl (C=O) groups excluding carboxylic acids is 1. The highest BCUT2D eigenvalue weighted by Crippen LogP contribution is 2.55. The molecular weight excluding hydrogens is 723 g/mol. The summed E-state index contributed by atoms with van der Waals surface area (Å²) in [6, 6.07) is 0. The number of nitrogens with one attached hydrogen (secondary N) is 1. The van der Waals surface area contributed by atoms with Crippen molar-refractivity contribution in [3.63, 3.8) is 0 Å². The largest absolute Gasteiger partial charge is 0.411 e. The second kappa shape index (κ2) is 28.3. The maximum Gasteiger partial charge on any atom is 0.349 e. The van der Waals surface area contributed by atoms with Crippen molar-refractivity contribution in [2.45, 2.75) is 290 Å². The molecule has 0 aromatic rings. The lowest BCUT2D eigenvalue weighted by Gasteiger charge is -2.56. The topological polar surface area (TPSA) is 56.8 Å². The standard InChI is InChI=1S/C49H101NO4Si2/c1-14-16-18-20-22-24-26-28-30-32-34-36-38-40-45(51)50-41-43-42-52-56(48(6,7)8,49(9,10)11)54-46(43)44(53-55(12,13)47(3,4)5)39-37-35-33-31-29-27-25-23-21-19-17-15-2/h43-44,46H,14-42H2,1-13H3,(H,50,51)/t43-,44+,46-/m0/s1. The molecule has 7 heteroatoms. The Labute approximate surface area is 353 Å². The molecule has 3 atom stereocenters. The molecule has 0 aromatic carbocycles. The first kappa shape index (κ1) is 53.8. The van der Waals surface area contributed by atoms with Gasteiger partial charge >= 0.3 is 8.56 Å². The van der Waals surface area contributed by atoms with Crippen molar-refractivity contribution in [1.29, 1.82) is 0 Å². The number of rotatable bonds is 32. The van der Waals surface area contributed by atoms with Gasteiger partial charge in [0.25, 0.3) is 0 Å². The van der Waals surface area contributed by atoms with E-state index in [2.05, 4.69) is 94.6 Å². The number of hydrogen-bond acceptors (Lipinski definition) is 4. The van der Waals surface area contributed by atoms with Crippen molar-refractivity contribution in [3.05, 3.63) is 0 Å². The summed E-state index contributed by atoms with van der Waals surface area (Å²) in [6.45, 7) is 31.5. The molecule has 334 valence electrons. The molecule has 0 unspecified atom stereocenters. The Bertz CT molecular complexity index is 968. The predicted octanol–water partition coefficient (Wildman–Crippen LogP) is 16.1. The van der Waals surface area contributed by atoms with Crippen LogP contribution in [0.2, 0.25) is 28.2 Å². The van der Waals surface area contributed by atoms with E-state index in [1.165, 1.54) is 141 Å². The van der Waals surface area contributed by atoms with Crippen molar-refractivity contribution in [2.24, 2.45) is 5.92 Å². The maximum atomic E-state index is 13.3. The smallest absolute Gasteiger partial charge is 0.349 e. The lowest BCUT2D eigenvalue weighted by atomic mass is 9.94. The molecule has 1 heterocycles. The summed E-state index contributed by atoms with van der Waals surface area (Å²) in [7, 11) is -4.85. The third-order valence-electron chi connectivity index (χ3n) is 13.3. The quantitative estimate of drug-likeness (QED) is 0.0542. The van der Waals surface area contributed by atoms with Crippen molar-refractivity contribution in [3.8, 4) is 0 Å². The number of amides is 1. The summed E-state index contributed by atoms with van der Waals surface area (Å²) in [5, 5.41) is 3.25. The first-order chi connectivity index (χ1) is 26.3. The van der Waals surface area contributed by atoms with Crippen LogP contribution in [-0.2, 0) is 18.1 Å². The van der Waals surface area contributed by atoms with Crippen LogP contribution in [0.1, 0.15) is 250 Å². The molecule has 1 aliphatic heterocycles. The van der Waals surface area contributed by atoms with E-state index in [1.54, 1.807) is 0 Å². The molecule has 56 heavy (non-hydrogen) atoms. The van der Waals surface area contributed by atoms with Gasteiger partial charge in [0, 0.05) is 35.6 Å². The van der Waals surface area contributed by atoms with Crippen molar-refractivity contribution in [1.82, 2.24) is 5.32 Å². The van der Waals surface area contributed by atoms with Gasteiger partial charge in [-0.15, -0.1) is 0 Å². The van der Waals surface area contributed by atoms with E-state index in [9.17, 15) is 4.79 Å². The van der Waals surface area contributed by atoms with Gasteiger partial charge in [-0.3, -0.25) is 4.79 Å². The molecular formula is C49H101NO4Si2. The van der Waals surface area contributed by atoms with E-state index >= 15 is 0 Å². The van der Waals surface area contributed by atoms with Gasteiger partial charge < -0.3 is 18.6 Å². The van der Waals surface area contributed by atoms with Crippen LogP contribution >= 0.6 is 0 Å². The van der Waals surface area contributed by atoms with Crippen LogP contribution in [0.4, 0.5) is 0 Å². The fourth-order valence-corrected chi connectivity index (χ4v) is 15.2. The van der Waals surface area contributed by atoms with Gasteiger partial charge in [0.15, 0.2) is 8.32 Å². The van der Waals surface area contributed by atoms with Crippen molar-refractivity contribution in [2.75, 3.05) is 13.2 Å². The molecule has 5 nitrogen and oxygen atoms in total. The highest BCUT2D eigenvalue weighted by molar-refractivity contribution is 6.74. The normalized spacial score (nSPS) is 18.7. The second-order valence-electron chi connectivity index (χ2n) is 21.7. The van der Waals surface area contributed by atoms with Crippen LogP contribution in [0.15, 0.2) is 0 Å². The summed E-state index contributed by atoms with van der Waals surface area (Å²) < 4.78 is 22.0. The van der Waals surface area contributed by atoms with Gasteiger partial charge in [0.1, 0.15) is 0 Å². The zero-order chi connectivity index (χ0) is 42.1. The highest BCUT2D eigenvalue weighted by Gasteiger charge is 2.62. The van der Waals surface area contributed by atoms with Gasteiger partial charge in [0.2, 0.25) is 5.91 Å². The Morgan fingerprint density at radius 3 is 1.38 bits per heavy atom. The lowest BCUT2D eigenvalue weighted by Crippen LogP contribution is -2.67. The summed E-state index contributed by atoms with van der Waals surface area (Å²) >= 11 is 0. The zero-order valence-electron chi connectivity index (χ0n) is 40.4. The SMILES string of the molecule is CCCCCCCCCCCCCCCC(=O)NC[C@H]1CO[Si](C(C)(C)C)(C(C)(C)C)O[C@@H]1[C@@H](CCCCCCCCCCCCCC)O[Si](C)(C)C(C)(C)C. The first-order valence-electron chi connectivity index (χ1n) is 24.6. The van der Waals surface area contributed by atoms with Gasteiger partial charge in [-0.2, -0.15) is 0 Å². The third kappa shape index (κ3) is 20.8. The highest BCUT2D eigenvalue weighted by atomic mass is 28.4. The van der Waals surface area contributed by atoms with Crippen LogP contribution in [-0.4, -0.2) is 48.1 Å². The number of carbonyl (C=O) groups is 1. The molecule has 0 bridgehead atoms. The van der Waals surface area contributed by atoms with Gasteiger partial charge in [-0.25, -0.2) is 0 Å². The number of hydrogen-bond donors (Lipinski definition) is 1. The van der Waals surface area contributed by atoms with Crippen LogP contribution < -0.4 is 5.32 Å². The molecule has 1 amide bonds. The molecule has 1 rings (SSSR count). The second-order valence-corrected chi connectivity index (χ2v) is 31.2. The van der Waals surface area contributed by atoms with E-state index in [4.69, 9.17) is 13.3 Å². The van der Waals surface area contributed by atoms with Crippen molar-refractivity contribution < 1.29 is 18.1 Å². The van der Waals surface area contributed by atoms with Gasteiger partial charge in [0.05, 0.1) is 12.2 Å². The first-order valence-corrected chi connectivity index (χ1v) is 29.3. The zero-order valence-corrected chi connectivity index (χ0v) is 42.4. The number of unbranched alkanes of at least 4 members (excludes halogenated alkanes) is 23. The molecule has 1 N–H and O–H groups in total. The Morgan fingerprint density at radius 1 is 0.625 bits per heavy atom. The van der Waals surface area contributed by atoms with Crippen LogP contribution in [0.3, 0.4) is 0 Å². The monoisotopic (exact) mass is 824 g/mol. The fraction of sp³-hybridized carbons (Fsp3) is 0.980. The van der Waals surface area contributed by atoms with Crippen LogP contribution in [0, 0.1) is 5.92 Å². The molecule has 0 spiro atoms. The third-order valence-corrected chi connectivity index (χ3v) is 22.9. The molecule has 0 saturated carbocycles. The minimum Gasteiger partial charge on any atom is -0.411 e. The Morgan fingerprint density at radius 2 is 1.00 bits per heavy atom. The van der Waals surface area contributed by atoms with Crippen molar-refractivity contribution >= 4 is 22.8 Å². The minimum absolute atomic E-state index is 0.00227. The molecule has 0 radical (unpaired) electrons. The van der Waals surface area contributed by atoms with Gasteiger partial charge in [-0.1, -0.05) is 230 Å². The Kier molecular flexibility index (Phi) is 27.2. The molecule has 0 aliphatic carbocycles. The van der Waals surface area contributed by atoms with Gasteiger partial charge in [-0.05, 0) is 31.0 Å². The molecule has 1 saturated heterocycles. The fourth-order valence-electron chi connectivity index (χ4n) is 8.78. The van der Waals surface area contributed by atoms with Crippen LogP contribution in [0.25, 0.3) is 0 Å². The molecule has 1 fully saturated rings. The molecule has 1 aliphatic rings. The predicted molar refractivity (Wildman–Crippen MR) is 251 cm³/mol. The lowest BCUT2D eigenvalue weighted by molar-refractivity contribution is -0.122. The summed E-state index contributed by atoms with van der Waals surface area (Å²) in [5.74, 6) is 0.249. The average Bonchev–Trinajstić information content (AvgIpc) is 3.11. The van der Waals surface area contributed by atoms with E-state index in [0.29, 0.717) is 19.6 Å². The van der Waals surface area contributed by atoms with E-state index in [-0.39, 0.29) is 39.1 Å². The Hall–Kier alpha value is -0.216. The Balaban J connectivity index is 2.88. The average molecular weight is 825 g/mol. The van der Waals surface area contributed by atoms with E-state index < -0.39 is 16.9 Å². The summed E-state index contributed by atoms with van der Waals surface area (Å²) in [4.78, 5) is 13.3. The van der Waals surface area contributed by atoms with E-state index in [1.807, 2.05) is 0 Å². The molecule has 0 aromatic heterocycles. The summed E-state index contributed by atoms with van der Waals surface area (Å²) in [6.07, 6.45) is 34.8. The van der Waals surface area contributed by atoms with Crippen LogP contribution in [0.5, 0.6) is 0 Å². The maximum absolute atomic E-state index is 13.3.